The molecule has 0 radical (unpaired) electrons. The highest BCUT2D eigenvalue weighted by Crippen LogP contribution is 2.35. The zero-order valence-electron chi connectivity index (χ0n) is 17.3. The summed E-state index contributed by atoms with van der Waals surface area (Å²) < 4.78 is 1.75. The number of hydrogen-bond acceptors (Lipinski definition) is 5. The molecule has 2 aliphatic rings. The number of hydrogen-bond donors (Lipinski definition) is 2. The van der Waals surface area contributed by atoms with Crippen molar-refractivity contribution in [1.29, 1.82) is 0 Å². The van der Waals surface area contributed by atoms with E-state index in [0.29, 0.717) is 23.1 Å². The van der Waals surface area contributed by atoms with E-state index < -0.39 is 0 Å². The average Bonchev–Trinajstić information content (AvgIpc) is 3.35. The maximum Gasteiger partial charge on any atom is 0.256 e. The van der Waals surface area contributed by atoms with Gasteiger partial charge < -0.3 is 10.2 Å². The molecule has 156 valence electrons. The Hall–Kier alpha value is -2.64. The van der Waals surface area contributed by atoms with Gasteiger partial charge in [0.2, 0.25) is 11.9 Å². The van der Waals surface area contributed by atoms with Gasteiger partial charge in [-0.1, -0.05) is 19.3 Å². The summed E-state index contributed by atoms with van der Waals surface area (Å²) in [6, 6.07) is 0. The SMILES string of the molecule is Cc1nc(N2CCCC2)[nH]c(=O)c1CC(=O)Nc1cn(C)nc1C1CCCCC1. The first kappa shape index (κ1) is 19.7. The van der Waals surface area contributed by atoms with Gasteiger partial charge in [0.15, 0.2) is 0 Å². The summed E-state index contributed by atoms with van der Waals surface area (Å²) in [5.74, 6) is 0.798. The molecule has 8 heteroatoms. The van der Waals surface area contributed by atoms with Crippen LogP contribution in [0, 0.1) is 6.92 Å². The van der Waals surface area contributed by atoms with E-state index in [1.165, 1.54) is 19.3 Å². The molecule has 1 aliphatic heterocycles. The number of carbonyl (C=O) groups is 1. The molecule has 1 saturated heterocycles. The van der Waals surface area contributed by atoms with Crippen LogP contribution in [-0.4, -0.2) is 38.7 Å². The highest BCUT2D eigenvalue weighted by Gasteiger charge is 2.23. The Bertz CT molecular complexity index is 935. The second-order valence-corrected chi connectivity index (χ2v) is 8.31. The number of H-pyrrole nitrogens is 1. The summed E-state index contributed by atoms with van der Waals surface area (Å²) in [5, 5.41) is 7.59. The molecule has 1 saturated carbocycles. The number of aryl methyl sites for hydroxylation is 2. The van der Waals surface area contributed by atoms with Crippen LogP contribution in [0.15, 0.2) is 11.0 Å². The predicted octanol–water partition coefficient (Wildman–Crippen LogP) is 2.64. The molecule has 2 aromatic heterocycles. The van der Waals surface area contributed by atoms with Gasteiger partial charge in [0.05, 0.1) is 23.5 Å². The normalized spacial score (nSPS) is 17.7. The molecule has 0 unspecified atom stereocenters. The summed E-state index contributed by atoms with van der Waals surface area (Å²) in [6.07, 6.45) is 9.99. The van der Waals surface area contributed by atoms with Crippen LogP contribution in [-0.2, 0) is 18.3 Å². The van der Waals surface area contributed by atoms with Gasteiger partial charge in [0.1, 0.15) is 0 Å². The molecule has 4 rings (SSSR count). The summed E-state index contributed by atoms with van der Waals surface area (Å²) >= 11 is 0. The van der Waals surface area contributed by atoms with Crippen molar-refractivity contribution in [1.82, 2.24) is 19.7 Å². The van der Waals surface area contributed by atoms with E-state index in [0.717, 1.165) is 50.2 Å². The molecule has 2 fully saturated rings. The number of aromatic nitrogens is 4. The Morgan fingerprint density at radius 3 is 2.62 bits per heavy atom. The van der Waals surface area contributed by atoms with Crippen LogP contribution >= 0.6 is 0 Å². The number of carbonyl (C=O) groups excluding carboxylic acids is 1. The van der Waals surface area contributed by atoms with Crippen LogP contribution in [0.3, 0.4) is 0 Å². The summed E-state index contributed by atoms with van der Waals surface area (Å²) in [6.45, 7) is 3.62. The molecule has 8 nitrogen and oxygen atoms in total. The minimum atomic E-state index is -0.228. The fourth-order valence-corrected chi connectivity index (χ4v) is 4.52. The quantitative estimate of drug-likeness (QED) is 0.807. The molecule has 2 N–H and O–H groups in total. The van der Waals surface area contributed by atoms with Gasteiger partial charge in [-0.2, -0.15) is 5.10 Å². The number of nitrogens with one attached hydrogen (secondary N) is 2. The van der Waals surface area contributed by atoms with Gasteiger partial charge in [-0.15, -0.1) is 0 Å². The minimum Gasteiger partial charge on any atom is -0.342 e. The second-order valence-electron chi connectivity index (χ2n) is 8.31. The lowest BCUT2D eigenvalue weighted by atomic mass is 9.86. The zero-order chi connectivity index (χ0) is 20.4. The Morgan fingerprint density at radius 1 is 1.21 bits per heavy atom. The lowest BCUT2D eigenvalue weighted by molar-refractivity contribution is -0.115. The smallest absolute Gasteiger partial charge is 0.256 e. The van der Waals surface area contributed by atoms with Crippen molar-refractivity contribution >= 4 is 17.5 Å². The van der Waals surface area contributed by atoms with Crippen molar-refractivity contribution < 1.29 is 4.79 Å². The van der Waals surface area contributed by atoms with Gasteiger partial charge in [0.25, 0.3) is 5.56 Å². The first-order valence-electron chi connectivity index (χ1n) is 10.7. The molecule has 2 aromatic rings. The van der Waals surface area contributed by atoms with Crippen LogP contribution in [0.1, 0.15) is 67.8 Å². The average molecular weight is 399 g/mol. The highest BCUT2D eigenvalue weighted by atomic mass is 16.2. The standard InChI is InChI=1S/C21H30N6O2/c1-14-16(20(29)24-21(22-14)27-10-6-7-11-27)12-18(28)23-17-13-26(2)25-19(17)15-8-4-3-5-9-15/h13,15H,3-12H2,1-2H3,(H,23,28)(H,22,24,29). The lowest BCUT2D eigenvalue weighted by Gasteiger charge is -2.21. The first-order valence-corrected chi connectivity index (χ1v) is 10.7. The molecule has 29 heavy (non-hydrogen) atoms. The third-order valence-electron chi connectivity index (χ3n) is 6.08. The van der Waals surface area contributed by atoms with E-state index in [4.69, 9.17) is 0 Å². The number of anilines is 2. The van der Waals surface area contributed by atoms with E-state index in [9.17, 15) is 9.59 Å². The lowest BCUT2D eigenvalue weighted by Crippen LogP contribution is -2.28. The largest absolute Gasteiger partial charge is 0.342 e. The molecule has 1 amide bonds. The van der Waals surface area contributed by atoms with Crippen LogP contribution < -0.4 is 15.8 Å². The first-order chi connectivity index (χ1) is 14.0. The monoisotopic (exact) mass is 398 g/mol. The maximum absolute atomic E-state index is 12.7. The Kier molecular flexibility index (Phi) is 5.69. The third kappa shape index (κ3) is 4.36. The fraction of sp³-hybridized carbons (Fsp3) is 0.619. The minimum absolute atomic E-state index is 0.00739. The molecule has 3 heterocycles. The molecule has 0 bridgehead atoms. The van der Waals surface area contributed by atoms with Gasteiger partial charge in [-0.05, 0) is 32.6 Å². The van der Waals surface area contributed by atoms with Crippen LogP contribution in [0.2, 0.25) is 0 Å². The van der Waals surface area contributed by atoms with Crippen molar-refractivity contribution in [2.75, 3.05) is 23.3 Å². The zero-order valence-corrected chi connectivity index (χ0v) is 17.3. The van der Waals surface area contributed by atoms with Crippen LogP contribution in [0.4, 0.5) is 11.6 Å². The number of nitrogens with zero attached hydrogens (tertiary/aromatic N) is 4. The molecule has 0 spiro atoms. The Morgan fingerprint density at radius 2 is 1.93 bits per heavy atom. The third-order valence-corrected chi connectivity index (χ3v) is 6.08. The van der Waals surface area contributed by atoms with E-state index in [2.05, 4.69) is 25.3 Å². The van der Waals surface area contributed by atoms with Crippen molar-refractivity contribution in [2.24, 2.45) is 7.05 Å². The molecule has 0 atom stereocenters. The molecule has 1 aliphatic carbocycles. The summed E-state index contributed by atoms with van der Waals surface area (Å²) in [5.41, 5.74) is 2.54. The number of aromatic amines is 1. The highest BCUT2D eigenvalue weighted by molar-refractivity contribution is 5.92. The van der Waals surface area contributed by atoms with E-state index in [1.54, 1.807) is 11.6 Å². The van der Waals surface area contributed by atoms with E-state index in [1.807, 2.05) is 13.2 Å². The van der Waals surface area contributed by atoms with E-state index in [-0.39, 0.29) is 17.9 Å². The number of amides is 1. The van der Waals surface area contributed by atoms with Crippen LogP contribution in [0.5, 0.6) is 0 Å². The molecular weight excluding hydrogens is 368 g/mol. The van der Waals surface area contributed by atoms with Crippen molar-refractivity contribution in [2.45, 2.75) is 64.2 Å². The maximum atomic E-state index is 12.7. The van der Waals surface area contributed by atoms with Gasteiger partial charge >= 0.3 is 0 Å². The van der Waals surface area contributed by atoms with Crippen LogP contribution in [0.25, 0.3) is 0 Å². The van der Waals surface area contributed by atoms with Gasteiger partial charge in [0, 0.05) is 37.8 Å². The number of rotatable bonds is 5. The van der Waals surface area contributed by atoms with Crippen molar-refractivity contribution in [3.63, 3.8) is 0 Å². The second kappa shape index (κ2) is 8.39. The topological polar surface area (TPSA) is 95.9 Å². The van der Waals surface area contributed by atoms with E-state index >= 15 is 0 Å². The molecular formula is C21H30N6O2. The van der Waals surface area contributed by atoms with Crippen molar-refractivity contribution in [3.8, 4) is 0 Å². The van der Waals surface area contributed by atoms with Crippen molar-refractivity contribution in [3.05, 3.63) is 33.5 Å². The Labute approximate surface area is 170 Å². The predicted molar refractivity (Wildman–Crippen MR) is 112 cm³/mol. The van der Waals surface area contributed by atoms with Gasteiger partial charge in [-0.25, -0.2) is 4.98 Å². The Balaban J connectivity index is 1.48. The van der Waals surface area contributed by atoms with Gasteiger partial charge in [-0.3, -0.25) is 19.3 Å². The summed E-state index contributed by atoms with van der Waals surface area (Å²) in [4.78, 5) is 34.8. The summed E-state index contributed by atoms with van der Waals surface area (Å²) in [7, 11) is 1.87. The fourth-order valence-electron chi connectivity index (χ4n) is 4.52. The molecule has 0 aromatic carbocycles.